The lowest BCUT2D eigenvalue weighted by molar-refractivity contribution is 0.415. The van der Waals surface area contributed by atoms with Crippen LogP contribution >= 0.6 is 0 Å². The largest absolute Gasteiger partial charge is 0.497 e. The number of nitrogens with zero attached hydrogens (tertiary/aromatic N) is 2. The first-order valence-electron chi connectivity index (χ1n) is 6.85. The normalized spacial score (nSPS) is 10.6. The molecule has 0 aliphatic rings. The molecule has 0 amide bonds. The number of benzene rings is 1. The van der Waals surface area contributed by atoms with Crippen molar-refractivity contribution in [2.24, 2.45) is 0 Å². The van der Waals surface area contributed by atoms with Crippen LogP contribution in [-0.4, -0.2) is 23.6 Å². The third-order valence-corrected chi connectivity index (χ3v) is 3.30. The molecule has 4 nitrogen and oxygen atoms in total. The van der Waals surface area contributed by atoms with Gasteiger partial charge in [-0.25, -0.2) is 9.97 Å². The van der Waals surface area contributed by atoms with Gasteiger partial charge in [-0.3, -0.25) is 0 Å². The predicted octanol–water partition coefficient (Wildman–Crippen LogP) is 2.88. The van der Waals surface area contributed by atoms with E-state index in [1.807, 2.05) is 38.1 Å². The van der Waals surface area contributed by atoms with Crippen molar-refractivity contribution in [3.8, 4) is 17.1 Å². The highest BCUT2D eigenvalue weighted by atomic mass is 16.5. The molecule has 4 heteroatoms. The molecule has 0 unspecified atom stereocenters. The van der Waals surface area contributed by atoms with E-state index in [9.17, 15) is 0 Å². The van der Waals surface area contributed by atoms with E-state index in [0.717, 1.165) is 41.6 Å². The van der Waals surface area contributed by atoms with Crippen LogP contribution in [0.15, 0.2) is 24.3 Å². The highest BCUT2D eigenvalue weighted by Crippen LogP contribution is 2.22. The fourth-order valence-electron chi connectivity index (χ4n) is 2.14. The van der Waals surface area contributed by atoms with Crippen LogP contribution < -0.4 is 10.1 Å². The molecular weight excluding hydrogens is 250 g/mol. The molecule has 2 aromatic rings. The van der Waals surface area contributed by atoms with Gasteiger partial charge < -0.3 is 10.1 Å². The van der Waals surface area contributed by atoms with Gasteiger partial charge in [-0.1, -0.05) is 19.1 Å². The molecular formula is C16H21N3O. The minimum Gasteiger partial charge on any atom is -0.497 e. The molecule has 0 bridgehead atoms. The van der Waals surface area contributed by atoms with Gasteiger partial charge in [-0.2, -0.15) is 0 Å². The SMILES string of the molecule is CCNCc1c(C)nc(-c2cccc(OC)c2)nc1C. The zero-order valence-corrected chi connectivity index (χ0v) is 12.5. The number of hydrogen-bond acceptors (Lipinski definition) is 4. The lowest BCUT2D eigenvalue weighted by Gasteiger charge is -2.11. The second-order valence-electron chi connectivity index (χ2n) is 4.71. The molecule has 0 saturated carbocycles. The van der Waals surface area contributed by atoms with Crippen LogP contribution in [0.4, 0.5) is 0 Å². The van der Waals surface area contributed by atoms with Gasteiger partial charge in [0.15, 0.2) is 5.82 Å². The molecule has 0 saturated heterocycles. The number of aromatic nitrogens is 2. The number of rotatable bonds is 5. The molecule has 1 aromatic heterocycles. The minimum atomic E-state index is 0.749. The van der Waals surface area contributed by atoms with E-state index >= 15 is 0 Å². The molecule has 1 N–H and O–H groups in total. The maximum atomic E-state index is 5.25. The van der Waals surface area contributed by atoms with Crippen molar-refractivity contribution in [1.82, 2.24) is 15.3 Å². The highest BCUT2D eigenvalue weighted by molar-refractivity contribution is 5.58. The summed E-state index contributed by atoms with van der Waals surface area (Å²) in [5.74, 6) is 1.57. The average Bonchev–Trinajstić information content (AvgIpc) is 2.46. The van der Waals surface area contributed by atoms with E-state index in [4.69, 9.17) is 4.74 Å². The molecule has 1 aromatic carbocycles. The first kappa shape index (κ1) is 14.5. The molecule has 0 aliphatic heterocycles. The van der Waals surface area contributed by atoms with Gasteiger partial charge in [-0.15, -0.1) is 0 Å². The Labute approximate surface area is 120 Å². The van der Waals surface area contributed by atoms with Crippen molar-refractivity contribution in [2.45, 2.75) is 27.3 Å². The lowest BCUT2D eigenvalue weighted by atomic mass is 10.1. The van der Waals surface area contributed by atoms with E-state index in [1.54, 1.807) is 7.11 Å². The minimum absolute atomic E-state index is 0.749. The average molecular weight is 271 g/mol. The maximum absolute atomic E-state index is 5.25. The summed E-state index contributed by atoms with van der Waals surface area (Å²) < 4.78 is 5.25. The van der Waals surface area contributed by atoms with Crippen LogP contribution in [-0.2, 0) is 6.54 Å². The zero-order valence-electron chi connectivity index (χ0n) is 12.5. The Bertz CT molecular complexity index is 573. The van der Waals surface area contributed by atoms with Crippen molar-refractivity contribution >= 4 is 0 Å². The Morgan fingerprint density at radius 2 is 1.85 bits per heavy atom. The third kappa shape index (κ3) is 3.14. The predicted molar refractivity (Wildman–Crippen MR) is 80.9 cm³/mol. The Kier molecular flexibility index (Phi) is 4.69. The topological polar surface area (TPSA) is 47.0 Å². The molecule has 0 aliphatic carbocycles. The van der Waals surface area contributed by atoms with Crippen molar-refractivity contribution in [3.63, 3.8) is 0 Å². The van der Waals surface area contributed by atoms with Gasteiger partial charge in [0.05, 0.1) is 7.11 Å². The molecule has 2 rings (SSSR count). The molecule has 0 spiro atoms. The zero-order chi connectivity index (χ0) is 14.5. The Morgan fingerprint density at radius 1 is 1.15 bits per heavy atom. The van der Waals surface area contributed by atoms with Crippen molar-refractivity contribution in [3.05, 3.63) is 41.2 Å². The smallest absolute Gasteiger partial charge is 0.159 e. The summed E-state index contributed by atoms with van der Waals surface area (Å²) in [5, 5.41) is 3.32. The Balaban J connectivity index is 2.38. The Hall–Kier alpha value is -1.94. The second kappa shape index (κ2) is 6.48. The van der Waals surface area contributed by atoms with E-state index < -0.39 is 0 Å². The van der Waals surface area contributed by atoms with Crippen molar-refractivity contribution in [1.29, 1.82) is 0 Å². The van der Waals surface area contributed by atoms with E-state index in [0.29, 0.717) is 0 Å². The summed E-state index contributed by atoms with van der Waals surface area (Å²) in [6, 6.07) is 7.83. The van der Waals surface area contributed by atoms with Gasteiger partial charge >= 0.3 is 0 Å². The van der Waals surface area contributed by atoms with E-state index in [-0.39, 0.29) is 0 Å². The number of aryl methyl sites for hydroxylation is 2. The molecule has 20 heavy (non-hydrogen) atoms. The second-order valence-corrected chi connectivity index (χ2v) is 4.71. The fraction of sp³-hybridized carbons (Fsp3) is 0.375. The summed E-state index contributed by atoms with van der Waals surface area (Å²) in [6.45, 7) is 7.91. The van der Waals surface area contributed by atoms with Gasteiger partial charge in [0, 0.05) is 29.1 Å². The van der Waals surface area contributed by atoms with Crippen LogP contribution in [0.5, 0.6) is 5.75 Å². The number of methoxy groups -OCH3 is 1. The van der Waals surface area contributed by atoms with Crippen molar-refractivity contribution < 1.29 is 4.74 Å². The van der Waals surface area contributed by atoms with Gasteiger partial charge in [0.25, 0.3) is 0 Å². The molecule has 0 fully saturated rings. The van der Waals surface area contributed by atoms with Crippen molar-refractivity contribution in [2.75, 3.05) is 13.7 Å². The van der Waals surface area contributed by atoms with Gasteiger partial charge in [0.1, 0.15) is 5.75 Å². The third-order valence-electron chi connectivity index (χ3n) is 3.30. The highest BCUT2D eigenvalue weighted by Gasteiger charge is 2.10. The van der Waals surface area contributed by atoms with Crippen LogP contribution in [0.25, 0.3) is 11.4 Å². The number of nitrogens with one attached hydrogen (secondary N) is 1. The van der Waals surface area contributed by atoms with Gasteiger partial charge in [-0.05, 0) is 32.5 Å². The molecule has 106 valence electrons. The summed E-state index contributed by atoms with van der Waals surface area (Å²) in [4.78, 5) is 9.25. The summed E-state index contributed by atoms with van der Waals surface area (Å²) in [5.41, 5.74) is 4.21. The van der Waals surface area contributed by atoms with Crippen LogP contribution in [0.1, 0.15) is 23.9 Å². The Morgan fingerprint density at radius 3 is 2.45 bits per heavy atom. The van der Waals surface area contributed by atoms with E-state index in [1.165, 1.54) is 5.56 Å². The lowest BCUT2D eigenvalue weighted by Crippen LogP contribution is -2.15. The summed E-state index contributed by atoms with van der Waals surface area (Å²) >= 11 is 0. The first-order valence-corrected chi connectivity index (χ1v) is 6.85. The quantitative estimate of drug-likeness (QED) is 0.908. The molecule has 1 heterocycles. The molecule has 0 atom stereocenters. The van der Waals surface area contributed by atoms with E-state index in [2.05, 4.69) is 22.2 Å². The summed E-state index contributed by atoms with van der Waals surface area (Å²) in [7, 11) is 1.66. The summed E-state index contributed by atoms with van der Waals surface area (Å²) in [6.07, 6.45) is 0. The van der Waals surface area contributed by atoms with Crippen LogP contribution in [0.3, 0.4) is 0 Å². The maximum Gasteiger partial charge on any atom is 0.159 e. The molecule has 0 radical (unpaired) electrons. The number of ether oxygens (including phenoxy) is 1. The fourth-order valence-corrected chi connectivity index (χ4v) is 2.14. The first-order chi connectivity index (χ1) is 9.65. The standard InChI is InChI=1S/C16H21N3O/c1-5-17-10-15-11(2)18-16(19-12(15)3)13-7-6-8-14(9-13)20-4/h6-9,17H,5,10H2,1-4H3. The van der Waals surface area contributed by atoms with Crippen LogP contribution in [0, 0.1) is 13.8 Å². The monoisotopic (exact) mass is 271 g/mol. The van der Waals surface area contributed by atoms with Crippen LogP contribution in [0.2, 0.25) is 0 Å². The number of hydrogen-bond donors (Lipinski definition) is 1. The van der Waals surface area contributed by atoms with Gasteiger partial charge in [0.2, 0.25) is 0 Å².